The van der Waals surface area contributed by atoms with Crippen molar-refractivity contribution in [1.29, 1.82) is 5.26 Å². The van der Waals surface area contributed by atoms with Gasteiger partial charge in [0.05, 0.1) is 23.9 Å². The van der Waals surface area contributed by atoms with Crippen LogP contribution in [0.4, 0.5) is 5.00 Å². The molecule has 1 N–H and O–H groups in total. The molecule has 7 nitrogen and oxygen atoms in total. The number of nitrogens with one attached hydrogen (secondary N) is 1. The molecule has 0 aliphatic heterocycles. The Morgan fingerprint density at radius 3 is 2.82 bits per heavy atom. The second-order valence-electron chi connectivity index (χ2n) is 8.04. The third kappa shape index (κ3) is 4.11. The van der Waals surface area contributed by atoms with Crippen LogP contribution in [0.5, 0.6) is 5.75 Å². The summed E-state index contributed by atoms with van der Waals surface area (Å²) in [4.78, 5) is 32.3. The van der Waals surface area contributed by atoms with Crippen molar-refractivity contribution in [3.8, 4) is 22.9 Å². The molecule has 0 radical (unpaired) electrons. The second-order valence-corrected chi connectivity index (χ2v) is 10.0. The van der Waals surface area contributed by atoms with E-state index in [4.69, 9.17) is 4.74 Å². The van der Waals surface area contributed by atoms with Crippen LogP contribution in [-0.4, -0.2) is 22.1 Å². The largest absolute Gasteiger partial charge is 0.494 e. The van der Waals surface area contributed by atoms with Crippen molar-refractivity contribution in [3.63, 3.8) is 0 Å². The van der Waals surface area contributed by atoms with Crippen LogP contribution in [0.15, 0.2) is 40.8 Å². The van der Waals surface area contributed by atoms with Gasteiger partial charge in [0, 0.05) is 15.8 Å². The Bertz CT molecular complexity index is 1480. The molecule has 3 heterocycles. The number of aromatic nitrogens is 2. The van der Waals surface area contributed by atoms with Crippen molar-refractivity contribution >= 4 is 43.8 Å². The highest BCUT2D eigenvalue weighted by atomic mass is 32.1. The van der Waals surface area contributed by atoms with E-state index < -0.39 is 0 Å². The van der Waals surface area contributed by atoms with E-state index in [1.165, 1.54) is 38.4 Å². The predicted octanol–water partition coefficient (Wildman–Crippen LogP) is 4.97. The molecule has 1 aliphatic carbocycles. The van der Waals surface area contributed by atoms with Gasteiger partial charge in [-0.05, 0) is 55.9 Å². The maximum atomic E-state index is 13.3. The van der Waals surface area contributed by atoms with Crippen LogP contribution >= 0.6 is 22.7 Å². The molecule has 9 heteroatoms. The van der Waals surface area contributed by atoms with Crippen LogP contribution in [0.25, 0.3) is 21.3 Å². The van der Waals surface area contributed by atoms with Crippen molar-refractivity contribution in [1.82, 2.24) is 9.55 Å². The monoisotopic (exact) mass is 490 g/mol. The van der Waals surface area contributed by atoms with Gasteiger partial charge in [0.25, 0.3) is 5.56 Å². The number of amides is 1. The van der Waals surface area contributed by atoms with Crippen LogP contribution in [0.2, 0.25) is 0 Å². The molecule has 34 heavy (non-hydrogen) atoms. The third-order valence-corrected chi connectivity index (χ3v) is 7.98. The molecule has 5 rings (SSSR count). The van der Waals surface area contributed by atoms with Gasteiger partial charge in [-0.25, -0.2) is 4.98 Å². The van der Waals surface area contributed by atoms with Crippen molar-refractivity contribution in [2.75, 3.05) is 11.9 Å². The summed E-state index contributed by atoms with van der Waals surface area (Å²) in [5.74, 6) is 0.418. The fourth-order valence-electron chi connectivity index (χ4n) is 4.28. The molecule has 172 valence electrons. The number of carbonyl (C=O) groups excluding carboxylic acids is 1. The molecule has 1 amide bonds. The van der Waals surface area contributed by atoms with Gasteiger partial charge in [-0.3, -0.25) is 14.2 Å². The van der Waals surface area contributed by atoms with Gasteiger partial charge >= 0.3 is 0 Å². The number of aryl methyl sites for hydroxylation is 1. The molecule has 0 atom stereocenters. The van der Waals surface area contributed by atoms with Crippen LogP contribution < -0.4 is 15.6 Å². The topological polar surface area (TPSA) is 97.0 Å². The highest BCUT2D eigenvalue weighted by Crippen LogP contribution is 2.37. The molecule has 0 bridgehead atoms. The lowest BCUT2D eigenvalue weighted by Gasteiger charge is -2.09. The van der Waals surface area contributed by atoms with Gasteiger partial charge < -0.3 is 10.1 Å². The average molecular weight is 491 g/mol. The van der Waals surface area contributed by atoms with Crippen LogP contribution in [0.1, 0.15) is 35.8 Å². The lowest BCUT2D eigenvalue weighted by molar-refractivity contribution is -0.116. The Hall–Kier alpha value is -3.48. The van der Waals surface area contributed by atoms with Gasteiger partial charge in [0.15, 0.2) is 0 Å². The summed E-state index contributed by atoms with van der Waals surface area (Å²) in [6.45, 7) is 2.34. The standard InChI is InChI=1S/C25H22N4O3S2/c1-2-32-16-9-7-15(8-10-16)19-13-33-24-22(19)25(31)29(14-27-24)12-21(30)28-23-18(11-26)17-5-3-4-6-20(17)34-23/h7-10,13-14H,2-6,12H2,1H3,(H,28,30). The number of carbonyl (C=O) groups is 1. The zero-order valence-electron chi connectivity index (χ0n) is 18.6. The number of fused-ring (bicyclic) bond motifs is 2. The number of benzene rings is 1. The summed E-state index contributed by atoms with van der Waals surface area (Å²) in [5.41, 5.74) is 3.03. The highest BCUT2D eigenvalue weighted by molar-refractivity contribution is 7.17. The number of hydrogen-bond acceptors (Lipinski definition) is 7. The number of hydrogen-bond donors (Lipinski definition) is 1. The minimum Gasteiger partial charge on any atom is -0.494 e. The Balaban J connectivity index is 1.42. The first-order valence-corrected chi connectivity index (χ1v) is 12.8. The number of thiophene rings is 2. The summed E-state index contributed by atoms with van der Waals surface area (Å²) in [6, 6.07) is 9.83. The number of ether oxygens (including phenoxy) is 1. The van der Waals surface area contributed by atoms with E-state index in [1.807, 2.05) is 36.6 Å². The SMILES string of the molecule is CCOc1ccc(-c2csc3ncn(CC(=O)Nc4sc5c(c4C#N)CCCC5)c(=O)c23)cc1. The first-order valence-electron chi connectivity index (χ1n) is 11.1. The normalized spacial score (nSPS) is 12.8. The van der Waals surface area contributed by atoms with Gasteiger partial charge in [-0.2, -0.15) is 5.26 Å². The van der Waals surface area contributed by atoms with E-state index in [0.717, 1.165) is 48.1 Å². The average Bonchev–Trinajstić information content (AvgIpc) is 3.43. The summed E-state index contributed by atoms with van der Waals surface area (Å²) in [7, 11) is 0. The molecule has 1 aliphatic rings. The van der Waals surface area contributed by atoms with E-state index in [9.17, 15) is 14.9 Å². The predicted molar refractivity (Wildman–Crippen MR) is 135 cm³/mol. The summed E-state index contributed by atoms with van der Waals surface area (Å²) in [5, 5.41) is 15.5. The Morgan fingerprint density at radius 2 is 2.06 bits per heavy atom. The summed E-state index contributed by atoms with van der Waals surface area (Å²) >= 11 is 2.87. The Morgan fingerprint density at radius 1 is 1.26 bits per heavy atom. The first kappa shape index (κ1) is 22.3. The van der Waals surface area contributed by atoms with Gasteiger partial charge in [-0.15, -0.1) is 22.7 Å². The molecule has 4 aromatic rings. The van der Waals surface area contributed by atoms with Crippen molar-refractivity contribution in [2.24, 2.45) is 0 Å². The Labute approximate surface area is 204 Å². The smallest absolute Gasteiger partial charge is 0.263 e. The maximum absolute atomic E-state index is 13.3. The lowest BCUT2D eigenvalue weighted by atomic mass is 9.96. The van der Waals surface area contributed by atoms with Crippen molar-refractivity contribution < 1.29 is 9.53 Å². The Kier molecular flexibility index (Phi) is 6.18. The highest BCUT2D eigenvalue weighted by Gasteiger charge is 2.22. The number of rotatable bonds is 6. The minimum absolute atomic E-state index is 0.173. The van der Waals surface area contributed by atoms with E-state index >= 15 is 0 Å². The molecule has 0 saturated heterocycles. The number of nitrogens with zero attached hydrogens (tertiary/aromatic N) is 3. The third-order valence-electron chi connectivity index (χ3n) is 5.89. The molecular formula is C25H22N4O3S2. The van der Waals surface area contributed by atoms with Crippen molar-refractivity contribution in [2.45, 2.75) is 39.2 Å². The zero-order chi connectivity index (χ0) is 23.7. The van der Waals surface area contributed by atoms with E-state index in [2.05, 4.69) is 16.4 Å². The second kappa shape index (κ2) is 9.41. The number of nitriles is 1. The quantitative estimate of drug-likeness (QED) is 0.411. The minimum atomic E-state index is -0.351. The molecule has 0 spiro atoms. The maximum Gasteiger partial charge on any atom is 0.263 e. The fourth-order valence-corrected chi connectivity index (χ4v) is 6.45. The molecule has 1 aromatic carbocycles. The lowest BCUT2D eigenvalue weighted by Crippen LogP contribution is -2.27. The van der Waals surface area contributed by atoms with Crippen LogP contribution in [0, 0.1) is 11.3 Å². The van der Waals surface area contributed by atoms with Gasteiger partial charge in [0.2, 0.25) is 5.91 Å². The summed E-state index contributed by atoms with van der Waals surface area (Å²) in [6.07, 6.45) is 5.38. The van der Waals surface area contributed by atoms with E-state index in [-0.39, 0.29) is 18.0 Å². The van der Waals surface area contributed by atoms with Crippen LogP contribution in [0.3, 0.4) is 0 Å². The van der Waals surface area contributed by atoms with Gasteiger partial charge in [0.1, 0.15) is 28.2 Å². The molecule has 3 aromatic heterocycles. The van der Waals surface area contributed by atoms with E-state index in [0.29, 0.717) is 27.4 Å². The zero-order valence-corrected chi connectivity index (χ0v) is 20.2. The fraction of sp³-hybridized carbons (Fsp3) is 0.280. The summed E-state index contributed by atoms with van der Waals surface area (Å²) < 4.78 is 6.83. The molecule has 0 unspecified atom stereocenters. The first-order chi connectivity index (χ1) is 16.6. The molecule has 0 fully saturated rings. The van der Waals surface area contributed by atoms with Gasteiger partial charge in [-0.1, -0.05) is 12.1 Å². The van der Waals surface area contributed by atoms with Crippen molar-refractivity contribution in [3.05, 3.63) is 62.3 Å². The van der Waals surface area contributed by atoms with E-state index in [1.54, 1.807) is 0 Å². The molecular weight excluding hydrogens is 468 g/mol. The molecule has 0 saturated carbocycles. The number of anilines is 1. The van der Waals surface area contributed by atoms with Crippen LogP contribution in [-0.2, 0) is 24.2 Å².